The van der Waals surface area contributed by atoms with Gasteiger partial charge >= 0.3 is 0 Å². The Morgan fingerprint density at radius 3 is 2.65 bits per heavy atom. The monoisotopic (exact) mass is 301 g/mol. The molecular formula is C12H19N3O4S. The lowest BCUT2D eigenvalue weighted by atomic mass is 10.1. The van der Waals surface area contributed by atoms with Gasteiger partial charge in [0, 0.05) is 33.4 Å². The SMILES string of the molecule is CNC(=O)c1cc(S(=O)(=O)N2CCC(C)(O)C2)cn1C. The number of nitrogens with one attached hydrogen (secondary N) is 1. The Morgan fingerprint density at radius 1 is 1.50 bits per heavy atom. The fraction of sp³-hybridized carbons (Fsp3) is 0.583. The van der Waals surface area contributed by atoms with Gasteiger partial charge in [-0.15, -0.1) is 0 Å². The molecule has 1 aromatic heterocycles. The lowest BCUT2D eigenvalue weighted by Gasteiger charge is -2.18. The highest BCUT2D eigenvalue weighted by molar-refractivity contribution is 7.89. The normalized spacial score (nSPS) is 24.0. The number of rotatable bonds is 3. The van der Waals surface area contributed by atoms with Crippen molar-refractivity contribution >= 4 is 15.9 Å². The fourth-order valence-corrected chi connectivity index (χ4v) is 3.92. The molecule has 0 spiro atoms. The van der Waals surface area contributed by atoms with E-state index in [9.17, 15) is 18.3 Å². The van der Waals surface area contributed by atoms with Crippen molar-refractivity contribution in [2.45, 2.75) is 23.8 Å². The number of sulfonamides is 1. The number of hydrogen-bond donors (Lipinski definition) is 2. The fourth-order valence-electron chi connectivity index (χ4n) is 2.29. The first-order chi connectivity index (χ1) is 9.17. The zero-order valence-electron chi connectivity index (χ0n) is 11.8. The maximum atomic E-state index is 12.5. The third kappa shape index (κ3) is 2.58. The van der Waals surface area contributed by atoms with Gasteiger partial charge in [0.15, 0.2) is 0 Å². The van der Waals surface area contributed by atoms with Crippen LogP contribution < -0.4 is 5.32 Å². The number of aryl methyl sites for hydroxylation is 1. The summed E-state index contributed by atoms with van der Waals surface area (Å²) < 4.78 is 27.7. The molecular weight excluding hydrogens is 282 g/mol. The summed E-state index contributed by atoms with van der Waals surface area (Å²) in [5.74, 6) is -0.345. The van der Waals surface area contributed by atoms with E-state index in [-0.39, 0.29) is 29.6 Å². The van der Waals surface area contributed by atoms with Crippen molar-refractivity contribution in [3.05, 3.63) is 18.0 Å². The Morgan fingerprint density at radius 2 is 2.15 bits per heavy atom. The number of carbonyl (C=O) groups excluding carboxylic acids is 1. The molecule has 1 aliphatic heterocycles. The minimum absolute atomic E-state index is 0.0660. The van der Waals surface area contributed by atoms with Crippen LogP contribution in [-0.2, 0) is 17.1 Å². The zero-order chi connectivity index (χ0) is 15.1. The topological polar surface area (TPSA) is 91.6 Å². The van der Waals surface area contributed by atoms with E-state index in [2.05, 4.69) is 5.32 Å². The van der Waals surface area contributed by atoms with Crippen LogP contribution in [0.5, 0.6) is 0 Å². The van der Waals surface area contributed by atoms with Crippen molar-refractivity contribution in [2.75, 3.05) is 20.1 Å². The predicted molar refractivity (Wildman–Crippen MR) is 72.8 cm³/mol. The van der Waals surface area contributed by atoms with E-state index in [4.69, 9.17) is 0 Å². The number of nitrogens with zero attached hydrogens (tertiary/aromatic N) is 2. The van der Waals surface area contributed by atoms with Gasteiger partial charge in [0.2, 0.25) is 10.0 Å². The first-order valence-electron chi connectivity index (χ1n) is 6.28. The molecule has 2 rings (SSSR count). The molecule has 1 aliphatic rings. The molecule has 20 heavy (non-hydrogen) atoms. The number of amides is 1. The highest BCUT2D eigenvalue weighted by Crippen LogP contribution is 2.27. The molecule has 1 amide bonds. The van der Waals surface area contributed by atoms with E-state index in [1.54, 1.807) is 14.0 Å². The van der Waals surface area contributed by atoms with E-state index in [1.807, 2.05) is 0 Å². The zero-order valence-corrected chi connectivity index (χ0v) is 12.6. The van der Waals surface area contributed by atoms with Crippen molar-refractivity contribution < 1.29 is 18.3 Å². The highest BCUT2D eigenvalue weighted by Gasteiger charge is 2.39. The Hall–Kier alpha value is -1.38. The standard InChI is InChI=1S/C12H19N3O4S/c1-12(17)4-5-15(8-12)20(18,19)9-6-10(11(16)13-2)14(3)7-9/h6-7,17H,4-5,8H2,1-3H3,(H,13,16). The molecule has 2 N–H and O–H groups in total. The molecule has 0 saturated carbocycles. The van der Waals surface area contributed by atoms with Gasteiger partial charge in [0.25, 0.3) is 5.91 Å². The summed E-state index contributed by atoms with van der Waals surface area (Å²) in [6.45, 7) is 1.96. The Balaban J connectivity index is 2.34. The quantitative estimate of drug-likeness (QED) is 0.789. The summed E-state index contributed by atoms with van der Waals surface area (Å²) in [7, 11) is -0.579. The van der Waals surface area contributed by atoms with E-state index in [0.717, 1.165) is 0 Å². The third-order valence-electron chi connectivity index (χ3n) is 3.49. The van der Waals surface area contributed by atoms with Crippen LogP contribution in [0.15, 0.2) is 17.2 Å². The summed E-state index contributed by atoms with van der Waals surface area (Å²) in [5.41, 5.74) is -0.720. The largest absolute Gasteiger partial charge is 0.389 e. The van der Waals surface area contributed by atoms with Gasteiger partial charge in [-0.05, 0) is 19.4 Å². The molecule has 2 heterocycles. The van der Waals surface area contributed by atoms with Crippen molar-refractivity contribution in [1.82, 2.24) is 14.2 Å². The molecule has 0 bridgehead atoms. The van der Waals surface area contributed by atoms with Crippen LogP contribution in [0, 0.1) is 0 Å². The summed E-state index contributed by atoms with van der Waals surface area (Å²) in [6, 6.07) is 1.35. The minimum atomic E-state index is -3.68. The first kappa shape index (κ1) is 15.0. The van der Waals surface area contributed by atoms with E-state index in [0.29, 0.717) is 6.42 Å². The van der Waals surface area contributed by atoms with E-state index >= 15 is 0 Å². The van der Waals surface area contributed by atoms with Crippen LogP contribution >= 0.6 is 0 Å². The number of carbonyl (C=O) groups is 1. The van der Waals surface area contributed by atoms with Crippen molar-refractivity contribution in [3.63, 3.8) is 0 Å². The van der Waals surface area contributed by atoms with Crippen molar-refractivity contribution in [3.8, 4) is 0 Å². The molecule has 1 atom stereocenters. The Labute approximate surface area is 118 Å². The van der Waals surface area contributed by atoms with Gasteiger partial charge in [-0.3, -0.25) is 4.79 Å². The number of aliphatic hydroxyl groups is 1. The highest BCUT2D eigenvalue weighted by atomic mass is 32.2. The summed E-state index contributed by atoms with van der Waals surface area (Å²) in [5, 5.41) is 12.3. The molecule has 0 aliphatic carbocycles. The van der Waals surface area contributed by atoms with Gasteiger partial charge in [0.05, 0.1) is 5.60 Å². The second kappa shape index (κ2) is 4.87. The Kier molecular flexibility index (Phi) is 3.66. The molecule has 0 aromatic carbocycles. The molecule has 1 saturated heterocycles. The van der Waals surface area contributed by atoms with Crippen molar-refractivity contribution in [2.24, 2.45) is 7.05 Å². The molecule has 0 radical (unpaired) electrons. The third-order valence-corrected chi connectivity index (χ3v) is 5.30. The number of β-amino-alcohol motifs (C(OH)–C–C–N with tert-alkyl or cyclic N) is 1. The van der Waals surface area contributed by atoms with Gasteiger partial charge < -0.3 is 15.0 Å². The van der Waals surface area contributed by atoms with Gasteiger partial charge in [-0.2, -0.15) is 4.31 Å². The van der Waals surface area contributed by atoms with E-state index < -0.39 is 15.6 Å². The maximum Gasteiger partial charge on any atom is 0.267 e. The number of aromatic nitrogens is 1. The van der Waals surface area contributed by atoms with Gasteiger partial charge in [-0.25, -0.2) is 8.42 Å². The van der Waals surface area contributed by atoms with Crippen LogP contribution in [0.3, 0.4) is 0 Å². The van der Waals surface area contributed by atoms with Crippen LogP contribution in [0.25, 0.3) is 0 Å². The van der Waals surface area contributed by atoms with Crippen molar-refractivity contribution in [1.29, 1.82) is 0 Å². The number of hydrogen-bond acceptors (Lipinski definition) is 4. The van der Waals surface area contributed by atoms with Crippen LogP contribution in [0.4, 0.5) is 0 Å². The van der Waals surface area contributed by atoms with Crippen LogP contribution in [0.1, 0.15) is 23.8 Å². The summed E-state index contributed by atoms with van der Waals surface area (Å²) in [4.78, 5) is 11.7. The van der Waals surface area contributed by atoms with Gasteiger partial charge in [0.1, 0.15) is 10.6 Å². The first-order valence-corrected chi connectivity index (χ1v) is 7.72. The minimum Gasteiger partial charge on any atom is -0.389 e. The molecule has 1 fully saturated rings. The maximum absolute atomic E-state index is 12.5. The Bertz CT molecular complexity index is 633. The lowest BCUT2D eigenvalue weighted by molar-refractivity contribution is 0.0762. The summed E-state index contributed by atoms with van der Waals surface area (Å²) in [6.07, 6.45) is 1.81. The van der Waals surface area contributed by atoms with E-state index in [1.165, 1.54) is 28.2 Å². The average molecular weight is 301 g/mol. The molecule has 1 aromatic rings. The second-order valence-corrected chi connectivity index (χ2v) is 7.27. The van der Waals surface area contributed by atoms with Crippen LogP contribution in [-0.4, -0.2) is 54.0 Å². The second-order valence-electron chi connectivity index (χ2n) is 5.34. The lowest BCUT2D eigenvalue weighted by Crippen LogP contribution is -2.33. The summed E-state index contributed by atoms with van der Waals surface area (Å²) >= 11 is 0. The molecule has 8 heteroatoms. The average Bonchev–Trinajstić information content (AvgIpc) is 2.92. The predicted octanol–water partition coefficient (Wildman–Crippen LogP) is -0.470. The van der Waals surface area contributed by atoms with Crippen LogP contribution in [0.2, 0.25) is 0 Å². The molecule has 7 nitrogen and oxygen atoms in total. The molecule has 112 valence electrons. The smallest absolute Gasteiger partial charge is 0.267 e. The van der Waals surface area contributed by atoms with Gasteiger partial charge in [-0.1, -0.05) is 0 Å². The molecule has 1 unspecified atom stereocenters.